The molecule has 2 rings (SSSR count). The Bertz CT molecular complexity index is 304. The molecule has 1 nitrogen and oxygen atoms in total. The van der Waals surface area contributed by atoms with Gasteiger partial charge in [-0.15, -0.1) is 0 Å². The van der Waals surface area contributed by atoms with Gasteiger partial charge in [0.25, 0.3) is 0 Å². The number of benzene rings is 1. The summed E-state index contributed by atoms with van der Waals surface area (Å²) in [6.45, 7) is 5.40. The molecule has 1 saturated heterocycles. The lowest BCUT2D eigenvalue weighted by molar-refractivity contribution is -0.119. The summed E-state index contributed by atoms with van der Waals surface area (Å²) in [5, 5.41) is 0. The first kappa shape index (κ1) is 9.72. The molecule has 0 N–H and O–H groups in total. The SMILES string of the molecule is CCc1ccccc1C1OCC1CC. The zero-order chi connectivity index (χ0) is 9.97. The minimum Gasteiger partial charge on any atom is -0.373 e. The predicted octanol–water partition coefficient (Wildman–Crippen LogP) is 3.35. The van der Waals surface area contributed by atoms with Crippen LogP contribution < -0.4 is 0 Å². The van der Waals surface area contributed by atoms with E-state index in [-0.39, 0.29) is 0 Å². The summed E-state index contributed by atoms with van der Waals surface area (Å²) in [5.41, 5.74) is 2.85. The highest BCUT2D eigenvalue weighted by atomic mass is 16.5. The summed E-state index contributed by atoms with van der Waals surface area (Å²) in [4.78, 5) is 0. The molecule has 1 aliphatic heterocycles. The second kappa shape index (κ2) is 4.14. The third-order valence-electron chi connectivity index (χ3n) is 3.18. The summed E-state index contributed by atoms with van der Waals surface area (Å²) in [6.07, 6.45) is 2.70. The van der Waals surface area contributed by atoms with Crippen molar-refractivity contribution < 1.29 is 4.74 Å². The maximum Gasteiger partial charge on any atom is 0.0877 e. The smallest absolute Gasteiger partial charge is 0.0877 e. The van der Waals surface area contributed by atoms with Crippen molar-refractivity contribution in [2.24, 2.45) is 5.92 Å². The zero-order valence-corrected chi connectivity index (χ0v) is 8.99. The summed E-state index contributed by atoms with van der Waals surface area (Å²) in [7, 11) is 0. The van der Waals surface area contributed by atoms with Crippen molar-refractivity contribution in [2.45, 2.75) is 32.8 Å². The van der Waals surface area contributed by atoms with Gasteiger partial charge in [0.15, 0.2) is 0 Å². The van der Waals surface area contributed by atoms with Crippen molar-refractivity contribution in [3.05, 3.63) is 35.4 Å². The van der Waals surface area contributed by atoms with E-state index in [0.29, 0.717) is 6.10 Å². The maximum absolute atomic E-state index is 5.66. The molecule has 1 aromatic carbocycles. The van der Waals surface area contributed by atoms with Crippen LogP contribution in [0.15, 0.2) is 24.3 Å². The number of hydrogen-bond donors (Lipinski definition) is 0. The molecule has 1 fully saturated rings. The quantitative estimate of drug-likeness (QED) is 0.710. The molecule has 0 aliphatic carbocycles. The zero-order valence-electron chi connectivity index (χ0n) is 8.99. The number of rotatable bonds is 3. The molecule has 1 heterocycles. The van der Waals surface area contributed by atoms with Crippen LogP contribution in [0.5, 0.6) is 0 Å². The van der Waals surface area contributed by atoms with E-state index in [9.17, 15) is 0 Å². The van der Waals surface area contributed by atoms with Crippen molar-refractivity contribution >= 4 is 0 Å². The fraction of sp³-hybridized carbons (Fsp3) is 0.538. The fourth-order valence-corrected chi connectivity index (χ4v) is 2.14. The Morgan fingerprint density at radius 2 is 2.07 bits per heavy atom. The van der Waals surface area contributed by atoms with Crippen LogP contribution in [0.4, 0.5) is 0 Å². The van der Waals surface area contributed by atoms with E-state index < -0.39 is 0 Å². The highest BCUT2D eigenvalue weighted by Gasteiger charge is 2.32. The third kappa shape index (κ3) is 1.57. The van der Waals surface area contributed by atoms with Gasteiger partial charge in [0.2, 0.25) is 0 Å². The van der Waals surface area contributed by atoms with Gasteiger partial charge in [0.05, 0.1) is 12.7 Å². The molecule has 0 radical (unpaired) electrons. The summed E-state index contributed by atoms with van der Waals surface area (Å²) in [5.74, 6) is 0.739. The minimum absolute atomic E-state index is 0.371. The Kier molecular flexibility index (Phi) is 2.87. The second-order valence-corrected chi connectivity index (χ2v) is 3.97. The van der Waals surface area contributed by atoms with Gasteiger partial charge in [-0.2, -0.15) is 0 Å². The Labute approximate surface area is 86.1 Å². The Hall–Kier alpha value is -0.820. The summed E-state index contributed by atoms with van der Waals surface area (Å²) >= 11 is 0. The van der Waals surface area contributed by atoms with Crippen LogP contribution in [0.1, 0.15) is 37.5 Å². The number of aryl methyl sites for hydroxylation is 1. The number of hydrogen-bond acceptors (Lipinski definition) is 1. The van der Waals surface area contributed by atoms with Gasteiger partial charge >= 0.3 is 0 Å². The van der Waals surface area contributed by atoms with E-state index in [4.69, 9.17) is 4.74 Å². The normalized spacial score (nSPS) is 25.9. The van der Waals surface area contributed by atoms with Crippen molar-refractivity contribution in [2.75, 3.05) is 6.61 Å². The first-order chi connectivity index (χ1) is 6.86. The first-order valence-electron chi connectivity index (χ1n) is 5.56. The van der Waals surface area contributed by atoms with Gasteiger partial charge in [-0.05, 0) is 24.0 Å². The van der Waals surface area contributed by atoms with E-state index in [1.165, 1.54) is 17.5 Å². The molecule has 1 heteroatoms. The average Bonchev–Trinajstić information content (AvgIpc) is 2.18. The molecule has 2 atom stereocenters. The molecule has 0 amide bonds. The second-order valence-electron chi connectivity index (χ2n) is 3.97. The predicted molar refractivity (Wildman–Crippen MR) is 58.3 cm³/mol. The lowest BCUT2D eigenvalue weighted by atomic mass is 9.86. The largest absolute Gasteiger partial charge is 0.373 e. The molecular formula is C13H18O. The van der Waals surface area contributed by atoms with Gasteiger partial charge in [-0.3, -0.25) is 0 Å². The van der Waals surface area contributed by atoms with Gasteiger partial charge in [-0.25, -0.2) is 0 Å². The molecular weight excluding hydrogens is 172 g/mol. The van der Waals surface area contributed by atoms with Gasteiger partial charge < -0.3 is 4.74 Å². The van der Waals surface area contributed by atoms with Crippen molar-refractivity contribution in [3.8, 4) is 0 Å². The van der Waals surface area contributed by atoms with Crippen LogP contribution in [0.3, 0.4) is 0 Å². The highest BCUT2D eigenvalue weighted by molar-refractivity contribution is 5.30. The van der Waals surface area contributed by atoms with Gasteiger partial charge in [0.1, 0.15) is 0 Å². The molecule has 14 heavy (non-hydrogen) atoms. The van der Waals surface area contributed by atoms with E-state index in [2.05, 4.69) is 38.1 Å². The molecule has 0 aromatic heterocycles. The van der Waals surface area contributed by atoms with Crippen molar-refractivity contribution in [1.82, 2.24) is 0 Å². The van der Waals surface area contributed by atoms with Crippen molar-refractivity contribution in [1.29, 1.82) is 0 Å². The lowest BCUT2D eigenvalue weighted by Crippen LogP contribution is -2.32. The summed E-state index contributed by atoms with van der Waals surface area (Å²) < 4.78 is 5.66. The Morgan fingerprint density at radius 3 is 2.64 bits per heavy atom. The Balaban J connectivity index is 2.22. The maximum atomic E-state index is 5.66. The average molecular weight is 190 g/mol. The van der Waals surface area contributed by atoms with E-state index >= 15 is 0 Å². The number of ether oxygens (including phenoxy) is 1. The van der Waals surface area contributed by atoms with E-state index in [1.807, 2.05) is 0 Å². The Morgan fingerprint density at radius 1 is 1.29 bits per heavy atom. The molecule has 0 saturated carbocycles. The molecule has 76 valence electrons. The molecule has 2 unspecified atom stereocenters. The summed E-state index contributed by atoms with van der Waals surface area (Å²) in [6, 6.07) is 8.65. The van der Waals surface area contributed by atoms with Crippen LogP contribution in [0.25, 0.3) is 0 Å². The highest BCUT2D eigenvalue weighted by Crippen LogP contribution is 2.38. The van der Waals surface area contributed by atoms with Crippen molar-refractivity contribution in [3.63, 3.8) is 0 Å². The minimum atomic E-state index is 0.371. The molecule has 1 aliphatic rings. The van der Waals surface area contributed by atoms with E-state index in [0.717, 1.165) is 18.9 Å². The molecule has 0 bridgehead atoms. The third-order valence-corrected chi connectivity index (χ3v) is 3.18. The van der Waals surface area contributed by atoms with Crippen LogP contribution in [0.2, 0.25) is 0 Å². The van der Waals surface area contributed by atoms with Crippen LogP contribution >= 0.6 is 0 Å². The van der Waals surface area contributed by atoms with Gasteiger partial charge in [-0.1, -0.05) is 38.1 Å². The molecule has 1 aromatic rings. The van der Waals surface area contributed by atoms with Gasteiger partial charge in [0, 0.05) is 5.92 Å². The first-order valence-corrected chi connectivity index (χ1v) is 5.56. The van der Waals surface area contributed by atoms with Crippen LogP contribution in [-0.2, 0) is 11.2 Å². The topological polar surface area (TPSA) is 9.23 Å². The van der Waals surface area contributed by atoms with Crippen LogP contribution in [0, 0.1) is 5.92 Å². The van der Waals surface area contributed by atoms with E-state index in [1.54, 1.807) is 0 Å². The molecule has 0 spiro atoms. The lowest BCUT2D eigenvalue weighted by Gasteiger charge is -2.37. The van der Waals surface area contributed by atoms with Crippen LogP contribution in [-0.4, -0.2) is 6.61 Å². The standard InChI is InChI=1S/C13H18O/c1-3-10-7-5-6-8-12(10)13-11(4-2)9-14-13/h5-8,11,13H,3-4,9H2,1-2H3. The monoisotopic (exact) mass is 190 g/mol. The fourth-order valence-electron chi connectivity index (χ4n) is 2.14.